The molecule has 0 atom stereocenters. The second-order valence-electron chi connectivity index (χ2n) is 2.82. The molecule has 5 nitrogen and oxygen atoms in total. The van der Waals surface area contributed by atoms with Crippen LogP contribution in [0.3, 0.4) is 0 Å². The number of nitrogens with zero attached hydrogens (tertiary/aromatic N) is 3. The van der Waals surface area contributed by atoms with E-state index in [0.29, 0.717) is 10.0 Å². The van der Waals surface area contributed by atoms with Crippen molar-refractivity contribution >= 4 is 28.9 Å². The van der Waals surface area contributed by atoms with Crippen LogP contribution in [-0.4, -0.2) is 25.8 Å². The standard InChI is InChI=1S/C8H6ClN3O2S/c9-8-10-3-6(15-8)12-4-5(2-11-12)1-7(13)14/h2-4H,1H2,(H,13,14). The Hall–Kier alpha value is -1.40. The zero-order valence-electron chi connectivity index (χ0n) is 7.42. The number of thiazole rings is 1. The van der Waals surface area contributed by atoms with Crippen molar-refractivity contribution in [3.8, 4) is 5.00 Å². The average molecular weight is 244 g/mol. The molecule has 0 fully saturated rings. The number of halogens is 1. The summed E-state index contributed by atoms with van der Waals surface area (Å²) < 4.78 is 1.99. The molecule has 2 heterocycles. The fourth-order valence-electron chi connectivity index (χ4n) is 1.10. The van der Waals surface area contributed by atoms with Crippen LogP contribution in [0.4, 0.5) is 0 Å². The lowest BCUT2D eigenvalue weighted by atomic mass is 10.3. The van der Waals surface area contributed by atoms with Crippen LogP contribution < -0.4 is 0 Å². The third-order valence-corrected chi connectivity index (χ3v) is 2.79. The summed E-state index contributed by atoms with van der Waals surface area (Å²) >= 11 is 6.95. The lowest BCUT2D eigenvalue weighted by Gasteiger charge is -1.92. The van der Waals surface area contributed by atoms with Crippen molar-refractivity contribution in [1.29, 1.82) is 0 Å². The number of carboxylic acid groups (broad SMARTS) is 1. The summed E-state index contributed by atoms with van der Waals surface area (Å²) in [4.78, 5) is 14.3. The van der Waals surface area contributed by atoms with E-state index in [0.717, 1.165) is 5.00 Å². The first kappa shape index (κ1) is 10.1. The molecule has 0 aliphatic carbocycles. The maximum Gasteiger partial charge on any atom is 0.307 e. The maximum absolute atomic E-state index is 10.5. The van der Waals surface area contributed by atoms with E-state index in [-0.39, 0.29) is 6.42 Å². The van der Waals surface area contributed by atoms with E-state index in [4.69, 9.17) is 16.7 Å². The van der Waals surface area contributed by atoms with Crippen molar-refractivity contribution in [1.82, 2.24) is 14.8 Å². The lowest BCUT2D eigenvalue weighted by molar-refractivity contribution is -0.136. The Balaban J connectivity index is 2.23. The van der Waals surface area contributed by atoms with Gasteiger partial charge in [-0.25, -0.2) is 9.67 Å². The van der Waals surface area contributed by atoms with Gasteiger partial charge in [0.25, 0.3) is 0 Å². The molecule has 0 saturated heterocycles. The number of hydrogen-bond donors (Lipinski definition) is 1. The minimum absolute atomic E-state index is 0.0352. The topological polar surface area (TPSA) is 68.0 Å². The van der Waals surface area contributed by atoms with Gasteiger partial charge in [0.2, 0.25) is 0 Å². The number of carboxylic acids is 1. The van der Waals surface area contributed by atoms with Crippen molar-refractivity contribution in [3.63, 3.8) is 0 Å². The molecule has 2 aromatic heterocycles. The molecule has 15 heavy (non-hydrogen) atoms. The van der Waals surface area contributed by atoms with Gasteiger partial charge in [-0.2, -0.15) is 5.10 Å². The third kappa shape index (κ3) is 2.34. The molecule has 0 aliphatic heterocycles. The molecule has 0 unspecified atom stereocenters. The van der Waals surface area contributed by atoms with Gasteiger partial charge in [0.15, 0.2) is 4.47 Å². The van der Waals surface area contributed by atoms with Crippen LogP contribution >= 0.6 is 22.9 Å². The Labute approximate surface area is 93.9 Å². The van der Waals surface area contributed by atoms with Crippen LogP contribution in [-0.2, 0) is 11.2 Å². The molecule has 0 aliphatic rings. The number of aromatic nitrogens is 3. The van der Waals surface area contributed by atoms with Crippen molar-refractivity contribution < 1.29 is 9.90 Å². The van der Waals surface area contributed by atoms with Crippen molar-refractivity contribution in [2.45, 2.75) is 6.42 Å². The Bertz CT molecular complexity index is 494. The molecule has 0 saturated carbocycles. The summed E-state index contributed by atoms with van der Waals surface area (Å²) in [6.45, 7) is 0. The van der Waals surface area contributed by atoms with E-state index in [9.17, 15) is 4.79 Å². The van der Waals surface area contributed by atoms with Gasteiger partial charge in [0, 0.05) is 11.8 Å². The molecule has 7 heteroatoms. The molecular weight excluding hydrogens is 238 g/mol. The van der Waals surface area contributed by atoms with Crippen LogP contribution in [0.15, 0.2) is 18.6 Å². The van der Waals surface area contributed by atoms with Gasteiger partial charge in [-0.1, -0.05) is 22.9 Å². The van der Waals surface area contributed by atoms with Gasteiger partial charge in [-0.3, -0.25) is 4.79 Å². The molecule has 0 bridgehead atoms. The molecule has 0 amide bonds. The van der Waals surface area contributed by atoms with E-state index in [1.165, 1.54) is 17.5 Å². The highest BCUT2D eigenvalue weighted by Crippen LogP contribution is 2.21. The van der Waals surface area contributed by atoms with E-state index in [1.54, 1.807) is 17.1 Å². The van der Waals surface area contributed by atoms with Crippen LogP contribution in [0.1, 0.15) is 5.56 Å². The predicted octanol–water partition coefficient (Wildman–Crippen LogP) is 1.61. The normalized spacial score (nSPS) is 10.5. The third-order valence-electron chi connectivity index (χ3n) is 1.68. The monoisotopic (exact) mass is 243 g/mol. The average Bonchev–Trinajstić information content (AvgIpc) is 2.72. The first-order chi connectivity index (χ1) is 7.15. The summed E-state index contributed by atoms with van der Waals surface area (Å²) in [6, 6.07) is 0. The van der Waals surface area contributed by atoms with Gasteiger partial charge in [0.1, 0.15) is 5.00 Å². The minimum Gasteiger partial charge on any atom is -0.481 e. The Kier molecular flexibility index (Phi) is 2.70. The van der Waals surface area contributed by atoms with Crippen LogP contribution in [0.2, 0.25) is 4.47 Å². The van der Waals surface area contributed by atoms with Crippen molar-refractivity contribution in [2.75, 3.05) is 0 Å². The molecular formula is C8H6ClN3O2S. The van der Waals surface area contributed by atoms with E-state index >= 15 is 0 Å². The largest absolute Gasteiger partial charge is 0.481 e. The molecule has 2 aromatic rings. The number of hydrogen-bond acceptors (Lipinski definition) is 4. The molecule has 0 aromatic carbocycles. The van der Waals surface area contributed by atoms with Gasteiger partial charge in [-0.05, 0) is 0 Å². The lowest BCUT2D eigenvalue weighted by Crippen LogP contribution is -1.98. The SMILES string of the molecule is O=C(O)Cc1cnn(-c2cnc(Cl)s2)c1. The highest BCUT2D eigenvalue weighted by molar-refractivity contribution is 7.18. The van der Waals surface area contributed by atoms with E-state index in [2.05, 4.69) is 10.1 Å². The van der Waals surface area contributed by atoms with Gasteiger partial charge < -0.3 is 5.11 Å². The highest BCUT2D eigenvalue weighted by Gasteiger charge is 2.06. The Morgan fingerprint density at radius 1 is 1.60 bits per heavy atom. The Morgan fingerprint density at radius 3 is 3.00 bits per heavy atom. The van der Waals surface area contributed by atoms with Crippen molar-refractivity contribution in [3.05, 3.63) is 28.6 Å². The number of rotatable bonds is 3. The van der Waals surface area contributed by atoms with Crippen LogP contribution in [0.5, 0.6) is 0 Å². The van der Waals surface area contributed by atoms with Crippen LogP contribution in [0, 0.1) is 0 Å². The van der Waals surface area contributed by atoms with E-state index < -0.39 is 5.97 Å². The zero-order chi connectivity index (χ0) is 10.8. The summed E-state index contributed by atoms with van der Waals surface area (Å²) in [5.74, 6) is -0.878. The van der Waals surface area contributed by atoms with Crippen molar-refractivity contribution in [2.24, 2.45) is 0 Å². The molecule has 1 N–H and O–H groups in total. The number of aliphatic carboxylic acids is 1. The summed E-state index contributed by atoms with van der Waals surface area (Å²) in [6.07, 6.45) is 4.72. The summed E-state index contributed by atoms with van der Waals surface area (Å²) in [7, 11) is 0. The van der Waals surface area contributed by atoms with Gasteiger partial charge in [-0.15, -0.1) is 0 Å². The van der Waals surface area contributed by atoms with Crippen LogP contribution in [0.25, 0.3) is 5.00 Å². The summed E-state index contributed by atoms with van der Waals surface area (Å²) in [5, 5.41) is 13.4. The molecule has 0 radical (unpaired) electrons. The quantitative estimate of drug-likeness (QED) is 0.889. The fourth-order valence-corrected chi connectivity index (χ4v) is 1.96. The van der Waals surface area contributed by atoms with Gasteiger partial charge >= 0.3 is 5.97 Å². The minimum atomic E-state index is -0.878. The summed E-state index contributed by atoms with van der Waals surface area (Å²) in [5.41, 5.74) is 0.645. The first-order valence-electron chi connectivity index (χ1n) is 4.02. The zero-order valence-corrected chi connectivity index (χ0v) is 8.99. The second-order valence-corrected chi connectivity index (χ2v) is 4.41. The Morgan fingerprint density at radius 2 is 2.40 bits per heavy atom. The second kappa shape index (κ2) is 4.00. The fraction of sp³-hybridized carbons (Fsp3) is 0.125. The first-order valence-corrected chi connectivity index (χ1v) is 5.21. The highest BCUT2D eigenvalue weighted by atomic mass is 35.5. The predicted molar refractivity (Wildman–Crippen MR) is 55.6 cm³/mol. The number of carbonyl (C=O) groups is 1. The molecule has 78 valence electrons. The smallest absolute Gasteiger partial charge is 0.307 e. The molecule has 2 rings (SSSR count). The van der Waals surface area contributed by atoms with E-state index in [1.807, 2.05) is 0 Å². The molecule has 0 spiro atoms. The van der Waals surface area contributed by atoms with Gasteiger partial charge in [0.05, 0.1) is 18.8 Å². The maximum atomic E-state index is 10.5.